The Morgan fingerprint density at radius 3 is 2.32 bits per heavy atom. The summed E-state index contributed by atoms with van der Waals surface area (Å²) in [6, 6.07) is 22.9. The molecule has 0 spiro atoms. The monoisotopic (exact) mass is 593 g/mol. The number of nitrogens with one attached hydrogen (secondary N) is 1. The van der Waals surface area contributed by atoms with Crippen molar-refractivity contribution >= 4 is 27.9 Å². The van der Waals surface area contributed by atoms with E-state index in [4.69, 9.17) is 4.74 Å². The number of rotatable bonds is 13. The molecule has 0 atom stereocenters. The second kappa shape index (κ2) is 13.8. The van der Waals surface area contributed by atoms with E-state index in [1.165, 1.54) is 19.7 Å². The molecule has 0 unspecified atom stereocenters. The highest BCUT2D eigenvalue weighted by atomic mass is 32.2. The highest BCUT2D eigenvalue weighted by molar-refractivity contribution is 7.98. The van der Waals surface area contributed by atoms with Crippen molar-refractivity contribution in [1.29, 1.82) is 0 Å². The number of carbonyl (C=O) groups excluding carboxylic acids is 1. The first-order valence-corrected chi connectivity index (χ1v) is 15.7. The van der Waals surface area contributed by atoms with Crippen LogP contribution in [-0.2, 0) is 28.9 Å². The first-order valence-electron chi connectivity index (χ1n) is 13.3. The Bertz CT molecular complexity index is 1570. The van der Waals surface area contributed by atoms with Crippen molar-refractivity contribution < 1.29 is 17.9 Å². The third-order valence-electron chi connectivity index (χ3n) is 6.55. The van der Waals surface area contributed by atoms with Gasteiger partial charge in [-0.1, -0.05) is 79.7 Å². The second-order valence-electron chi connectivity index (χ2n) is 9.69. The summed E-state index contributed by atoms with van der Waals surface area (Å²) in [5.41, 5.74) is 3.98. The average Bonchev–Trinajstić information content (AvgIpc) is 3.36. The molecule has 1 aromatic heterocycles. The molecule has 3 aromatic carbocycles. The molecule has 0 aliphatic carbocycles. The second-order valence-corrected chi connectivity index (χ2v) is 12.5. The van der Waals surface area contributed by atoms with Crippen LogP contribution in [0.2, 0.25) is 0 Å². The van der Waals surface area contributed by atoms with Gasteiger partial charge in [0.1, 0.15) is 11.6 Å². The molecule has 1 heterocycles. The molecule has 0 radical (unpaired) electrons. The number of hydrogen-bond donors (Lipinski definition) is 1. The molecule has 9 nitrogen and oxygen atoms in total. The Hall–Kier alpha value is -3.67. The minimum absolute atomic E-state index is 0.281. The van der Waals surface area contributed by atoms with Gasteiger partial charge in [-0.2, -0.15) is 12.7 Å². The van der Waals surface area contributed by atoms with Crippen LogP contribution in [0, 0.1) is 0 Å². The van der Waals surface area contributed by atoms with Crippen molar-refractivity contribution in [2.75, 3.05) is 21.2 Å². The smallest absolute Gasteiger partial charge is 0.303 e. The number of hydrogen-bond acceptors (Lipinski definition) is 7. The Labute approximate surface area is 246 Å². The van der Waals surface area contributed by atoms with E-state index in [9.17, 15) is 13.2 Å². The van der Waals surface area contributed by atoms with E-state index >= 15 is 0 Å². The molecule has 0 aliphatic heterocycles. The summed E-state index contributed by atoms with van der Waals surface area (Å²) in [6.45, 7) is 2.77. The Kier molecular flexibility index (Phi) is 10.2. The van der Waals surface area contributed by atoms with Crippen LogP contribution in [0.5, 0.6) is 5.75 Å². The van der Waals surface area contributed by atoms with Gasteiger partial charge in [0.2, 0.25) is 0 Å². The maximum absolute atomic E-state index is 12.9. The molecule has 1 amide bonds. The Morgan fingerprint density at radius 2 is 1.66 bits per heavy atom. The fourth-order valence-corrected chi connectivity index (χ4v) is 5.58. The maximum atomic E-state index is 12.9. The maximum Gasteiger partial charge on any atom is 0.303 e. The third-order valence-corrected chi connectivity index (χ3v) is 9.00. The molecule has 0 aliphatic rings. The van der Waals surface area contributed by atoms with Gasteiger partial charge in [0, 0.05) is 31.8 Å². The summed E-state index contributed by atoms with van der Waals surface area (Å²) in [5.74, 6) is 1.87. The van der Waals surface area contributed by atoms with E-state index < -0.39 is 16.1 Å². The molecular formula is C30H35N5O4S2. The summed E-state index contributed by atoms with van der Waals surface area (Å²) in [4.78, 5) is 12.9. The van der Waals surface area contributed by atoms with Crippen LogP contribution in [0.3, 0.4) is 0 Å². The summed E-state index contributed by atoms with van der Waals surface area (Å²) in [5, 5.41) is 9.87. The van der Waals surface area contributed by atoms with Gasteiger partial charge in [0.05, 0.1) is 13.7 Å². The van der Waals surface area contributed by atoms with Gasteiger partial charge in [0.25, 0.3) is 5.91 Å². The molecule has 216 valence electrons. The van der Waals surface area contributed by atoms with Crippen molar-refractivity contribution in [3.63, 3.8) is 0 Å². The number of aromatic nitrogens is 3. The summed E-state index contributed by atoms with van der Waals surface area (Å²) < 4.78 is 34.9. The normalized spacial score (nSPS) is 11.5. The highest BCUT2D eigenvalue weighted by Crippen LogP contribution is 2.27. The number of carbonyl (C=O) groups is 1. The molecule has 1 N–H and O–H groups in total. The number of aryl methyl sites for hydroxylation is 1. The number of benzene rings is 3. The molecule has 4 rings (SSSR count). The van der Waals surface area contributed by atoms with E-state index in [1.54, 1.807) is 31.0 Å². The zero-order chi connectivity index (χ0) is 29.4. The Balaban J connectivity index is 1.54. The number of unbranched alkanes of at least 4 members (excludes halogenated alkanes) is 1. The fourth-order valence-electron chi connectivity index (χ4n) is 4.14. The first-order chi connectivity index (χ1) is 19.7. The van der Waals surface area contributed by atoms with Crippen LogP contribution < -0.4 is 9.46 Å². The lowest BCUT2D eigenvalue weighted by Gasteiger charge is -2.15. The third kappa shape index (κ3) is 7.75. The van der Waals surface area contributed by atoms with Gasteiger partial charge in [-0.05, 0) is 46.9 Å². The lowest BCUT2D eigenvalue weighted by atomic mass is 9.98. The zero-order valence-electron chi connectivity index (χ0n) is 23.7. The first kappa shape index (κ1) is 30.3. The Morgan fingerprint density at radius 1 is 0.976 bits per heavy atom. The van der Waals surface area contributed by atoms with Crippen LogP contribution >= 0.6 is 11.8 Å². The fraction of sp³-hybridized carbons (Fsp3) is 0.300. The number of amides is 1. The summed E-state index contributed by atoms with van der Waals surface area (Å²) >= 11 is 1.65. The van der Waals surface area contributed by atoms with Gasteiger partial charge in [-0.15, -0.1) is 10.2 Å². The SMILES string of the molecule is CCCCc1nnc(SCc2ccc(OC)cc2)n1Cc1ccc(-c2ccccc2C(=O)NS(=O)(=O)N(C)C)cc1. The zero-order valence-corrected chi connectivity index (χ0v) is 25.3. The van der Waals surface area contributed by atoms with Gasteiger partial charge in [-0.25, -0.2) is 4.72 Å². The van der Waals surface area contributed by atoms with Gasteiger partial charge in [-0.3, -0.25) is 4.79 Å². The van der Waals surface area contributed by atoms with E-state index in [1.807, 2.05) is 48.5 Å². The average molecular weight is 594 g/mol. The largest absolute Gasteiger partial charge is 0.497 e. The van der Waals surface area contributed by atoms with Crippen molar-refractivity contribution in [1.82, 2.24) is 23.8 Å². The van der Waals surface area contributed by atoms with Crippen LogP contribution in [-0.4, -0.2) is 54.6 Å². The summed E-state index contributed by atoms with van der Waals surface area (Å²) in [7, 11) is 0.484. The quantitative estimate of drug-likeness (QED) is 0.213. The van der Waals surface area contributed by atoms with Gasteiger partial charge in [0.15, 0.2) is 5.16 Å². The van der Waals surface area contributed by atoms with E-state index in [-0.39, 0.29) is 5.56 Å². The molecule has 11 heteroatoms. The van der Waals surface area contributed by atoms with Gasteiger partial charge < -0.3 is 9.30 Å². The molecule has 0 fully saturated rings. The highest BCUT2D eigenvalue weighted by Gasteiger charge is 2.21. The van der Waals surface area contributed by atoms with Gasteiger partial charge >= 0.3 is 10.2 Å². The molecule has 4 aromatic rings. The number of nitrogens with zero attached hydrogens (tertiary/aromatic N) is 4. The molecule has 0 saturated heterocycles. The number of ether oxygens (including phenoxy) is 1. The minimum atomic E-state index is -3.91. The van der Waals surface area contributed by atoms with E-state index in [2.05, 4.69) is 38.5 Å². The van der Waals surface area contributed by atoms with E-state index in [0.29, 0.717) is 12.1 Å². The predicted molar refractivity (Wildman–Crippen MR) is 162 cm³/mol. The number of methoxy groups -OCH3 is 1. The standard InChI is InChI=1S/C30H35N5O4S2/c1-5-6-11-28-31-32-30(40-21-23-14-18-25(39-4)19-15-23)35(28)20-22-12-16-24(17-13-22)26-9-7-8-10-27(26)29(36)33-41(37,38)34(2)3/h7-10,12-19H,5-6,11,20-21H2,1-4H3,(H,33,36). The van der Waals surface area contributed by atoms with Crippen LogP contribution in [0.1, 0.15) is 47.1 Å². The topological polar surface area (TPSA) is 106 Å². The lowest BCUT2D eigenvalue weighted by Crippen LogP contribution is -2.39. The van der Waals surface area contributed by atoms with Crippen molar-refractivity contribution in [2.24, 2.45) is 0 Å². The predicted octanol–water partition coefficient (Wildman–Crippen LogP) is 5.17. The number of thioether (sulfide) groups is 1. The lowest BCUT2D eigenvalue weighted by molar-refractivity contribution is 0.0980. The minimum Gasteiger partial charge on any atom is -0.497 e. The molecule has 0 bridgehead atoms. The van der Waals surface area contributed by atoms with Crippen molar-refractivity contribution in [2.45, 2.75) is 43.6 Å². The van der Waals surface area contributed by atoms with E-state index in [0.717, 1.165) is 57.2 Å². The molecule has 0 saturated carbocycles. The van der Waals surface area contributed by atoms with Crippen LogP contribution in [0.15, 0.2) is 78.0 Å². The van der Waals surface area contributed by atoms with Crippen LogP contribution in [0.25, 0.3) is 11.1 Å². The molecular weight excluding hydrogens is 558 g/mol. The molecule has 41 heavy (non-hydrogen) atoms. The van der Waals surface area contributed by atoms with Crippen molar-refractivity contribution in [3.05, 3.63) is 95.3 Å². The van der Waals surface area contributed by atoms with Crippen LogP contribution in [0.4, 0.5) is 0 Å². The summed E-state index contributed by atoms with van der Waals surface area (Å²) in [6.07, 6.45) is 2.95. The van der Waals surface area contributed by atoms with Crippen molar-refractivity contribution in [3.8, 4) is 16.9 Å².